The van der Waals surface area contributed by atoms with Crippen molar-refractivity contribution >= 4 is 11.6 Å². The van der Waals surface area contributed by atoms with E-state index < -0.39 is 0 Å². The van der Waals surface area contributed by atoms with Crippen molar-refractivity contribution in [2.45, 2.75) is 13.5 Å². The number of benzene rings is 2. The fraction of sp³-hybridized carbons (Fsp3) is 0.150. The monoisotopic (exact) mass is 349 g/mol. The van der Waals surface area contributed by atoms with Gasteiger partial charge in [0.1, 0.15) is 12.3 Å². The zero-order valence-corrected chi connectivity index (χ0v) is 14.6. The van der Waals surface area contributed by atoms with Crippen LogP contribution in [0.5, 0.6) is 5.75 Å². The standard InChI is InChI=1S/C20H19N3O3/c1-14-6-8-15(9-7-14)18-11-20(25)23(13-21-18)12-19(24)22-16-4-3-5-17(10-16)26-2/h3-11,13H,12H2,1-2H3,(H,22,24). The molecule has 0 spiro atoms. The predicted molar refractivity (Wildman–Crippen MR) is 100 cm³/mol. The van der Waals surface area contributed by atoms with E-state index in [1.807, 2.05) is 31.2 Å². The lowest BCUT2D eigenvalue weighted by molar-refractivity contribution is -0.116. The third-order valence-electron chi connectivity index (χ3n) is 3.89. The van der Waals surface area contributed by atoms with E-state index in [-0.39, 0.29) is 18.0 Å². The van der Waals surface area contributed by atoms with Gasteiger partial charge in [0.25, 0.3) is 5.56 Å². The Morgan fingerprint density at radius 1 is 1.15 bits per heavy atom. The van der Waals surface area contributed by atoms with E-state index in [4.69, 9.17) is 4.74 Å². The molecule has 0 aliphatic heterocycles. The fourth-order valence-electron chi connectivity index (χ4n) is 2.48. The van der Waals surface area contributed by atoms with Crippen LogP contribution in [0.2, 0.25) is 0 Å². The Labute approximate surface area is 151 Å². The number of ether oxygens (including phenoxy) is 1. The summed E-state index contributed by atoms with van der Waals surface area (Å²) in [5, 5.41) is 2.74. The largest absolute Gasteiger partial charge is 0.497 e. The highest BCUT2D eigenvalue weighted by atomic mass is 16.5. The lowest BCUT2D eigenvalue weighted by Gasteiger charge is -2.09. The summed E-state index contributed by atoms with van der Waals surface area (Å²) in [5.41, 5.74) is 2.90. The highest BCUT2D eigenvalue weighted by molar-refractivity contribution is 5.90. The van der Waals surface area contributed by atoms with Gasteiger partial charge in [0.2, 0.25) is 5.91 Å². The first-order valence-electron chi connectivity index (χ1n) is 8.12. The van der Waals surface area contributed by atoms with E-state index in [2.05, 4.69) is 10.3 Å². The van der Waals surface area contributed by atoms with Crippen LogP contribution in [0.4, 0.5) is 5.69 Å². The van der Waals surface area contributed by atoms with Crippen LogP contribution < -0.4 is 15.6 Å². The number of carbonyl (C=O) groups excluding carboxylic acids is 1. The molecule has 2 aromatic carbocycles. The summed E-state index contributed by atoms with van der Waals surface area (Å²) in [6.45, 7) is 1.88. The predicted octanol–water partition coefficient (Wildman–Crippen LogP) is 2.87. The highest BCUT2D eigenvalue weighted by Crippen LogP contribution is 2.17. The SMILES string of the molecule is COc1cccc(NC(=O)Cn2cnc(-c3ccc(C)cc3)cc2=O)c1. The Morgan fingerprint density at radius 3 is 2.62 bits per heavy atom. The molecule has 0 saturated carbocycles. The zero-order chi connectivity index (χ0) is 18.5. The molecule has 0 fully saturated rings. The number of methoxy groups -OCH3 is 1. The third kappa shape index (κ3) is 4.16. The van der Waals surface area contributed by atoms with Crippen molar-refractivity contribution in [3.8, 4) is 17.0 Å². The van der Waals surface area contributed by atoms with Gasteiger partial charge < -0.3 is 10.1 Å². The molecular formula is C20H19N3O3. The van der Waals surface area contributed by atoms with Crippen molar-refractivity contribution in [3.05, 3.63) is 76.8 Å². The van der Waals surface area contributed by atoms with Gasteiger partial charge in [-0.3, -0.25) is 14.2 Å². The number of rotatable bonds is 5. The maximum Gasteiger partial charge on any atom is 0.254 e. The van der Waals surface area contributed by atoms with Gasteiger partial charge in [-0.15, -0.1) is 0 Å². The Kier molecular flexibility index (Phi) is 5.12. The van der Waals surface area contributed by atoms with Crippen LogP contribution >= 0.6 is 0 Å². The molecule has 1 aromatic heterocycles. The van der Waals surface area contributed by atoms with Gasteiger partial charge in [0, 0.05) is 23.4 Å². The molecule has 1 heterocycles. The van der Waals surface area contributed by atoms with E-state index in [0.717, 1.165) is 11.1 Å². The van der Waals surface area contributed by atoms with Crippen molar-refractivity contribution in [3.63, 3.8) is 0 Å². The average Bonchev–Trinajstić information content (AvgIpc) is 2.64. The van der Waals surface area contributed by atoms with Crippen molar-refractivity contribution in [1.29, 1.82) is 0 Å². The minimum atomic E-state index is -0.315. The van der Waals surface area contributed by atoms with E-state index in [1.54, 1.807) is 31.4 Å². The van der Waals surface area contributed by atoms with E-state index >= 15 is 0 Å². The van der Waals surface area contributed by atoms with Crippen LogP contribution in [0.1, 0.15) is 5.56 Å². The third-order valence-corrected chi connectivity index (χ3v) is 3.89. The molecule has 0 bridgehead atoms. The Balaban J connectivity index is 1.72. The van der Waals surface area contributed by atoms with Crippen molar-refractivity contribution in [1.82, 2.24) is 9.55 Å². The number of aryl methyl sites for hydroxylation is 1. The van der Waals surface area contributed by atoms with Gasteiger partial charge in [0.05, 0.1) is 19.1 Å². The second-order valence-electron chi connectivity index (χ2n) is 5.89. The van der Waals surface area contributed by atoms with Crippen molar-refractivity contribution < 1.29 is 9.53 Å². The molecular weight excluding hydrogens is 330 g/mol. The molecule has 0 atom stereocenters. The van der Waals surface area contributed by atoms with Crippen molar-refractivity contribution in [2.24, 2.45) is 0 Å². The number of hydrogen-bond acceptors (Lipinski definition) is 4. The van der Waals surface area contributed by atoms with Gasteiger partial charge >= 0.3 is 0 Å². The summed E-state index contributed by atoms with van der Waals surface area (Å²) in [7, 11) is 1.56. The number of amides is 1. The number of hydrogen-bond donors (Lipinski definition) is 1. The van der Waals surface area contributed by atoms with Crippen LogP contribution in [0.25, 0.3) is 11.3 Å². The minimum Gasteiger partial charge on any atom is -0.497 e. The molecule has 6 nitrogen and oxygen atoms in total. The molecule has 1 amide bonds. The number of nitrogens with one attached hydrogen (secondary N) is 1. The second-order valence-corrected chi connectivity index (χ2v) is 5.89. The molecule has 6 heteroatoms. The zero-order valence-electron chi connectivity index (χ0n) is 14.6. The smallest absolute Gasteiger partial charge is 0.254 e. The van der Waals surface area contributed by atoms with E-state index in [1.165, 1.54) is 17.0 Å². The molecule has 1 N–H and O–H groups in total. The fourth-order valence-corrected chi connectivity index (χ4v) is 2.48. The maximum atomic E-state index is 12.3. The quantitative estimate of drug-likeness (QED) is 0.769. The van der Waals surface area contributed by atoms with Gasteiger partial charge in [-0.05, 0) is 19.1 Å². The summed E-state index contributed by atoms with van der Waals surface area (Å²) >= 11 is 0. The first-order valence-corrected chi connectivity index (χ1v) is 8.12. The summed E-state index contributed by atoms with van der Waals surface area (Å²) < 4.78 is 6.39. The normalized spacial score (nSPS) is 10.4. The van der Waals surface area contributed by atoms with Crippen LogP contribution in [-0.2, 0) is 11.3 Å². The number of carbonyl (C=O) groups is 1. The van der Waals surface area contributed by atoms with Crippen LogP contribution in [0.3, 0.4) is 0 Å². The van der Waals surface area contributed by atoms with Crippen LogP contribution in [0.15, 0.2) is 65.7 Å². The number of anilines is 1. The molecule has 0 aliphatic rings. The first kappa shape index (κ1) is 17.4. The van der Waals surface area contributed by atoms with Gasteiger partial charge in [-0.1, -0.05) is 35.9 Å². The van der Waals surface area contributed by atoms with Gasteiger partial charge in [-0.2, -0.15) is 0 Å². The van der Waals surface area contributed by atoms with Crippen molar-refractivity contribution in [2.75, 3.05) is 12.4 Å². The Bertz CT molecular complexity index is 978. The molecule has 3 rings (SSSR count). The molecule has 0 unspecified atom stereocenters. The lowest BCUT2D eigenvalue weighted by Crippen LogP contribution is -2.27. The molecule has 0 radical (unpaired) electrons. The van der Waals surface area contributed by atoms with E-state index in [0.29, 0.717) is 17.1 Å². The minimum absolute atomic E-state index is 0.114. The van der Waals surface area contributed by atoms with Gasteiger partial charge in [-0.25, -0.2) is 4.98 Å². The van der Waals surface area contributed by atoms with Crippen LogP contribution in [0, 0.1) is 6.92 Å². The molecule has 132 valence electrons. The first-order chi connectivity index (χ1) is 12.5. The number of nitrogens with zero attached hydrogens (tertiary/aromatic N) is 2. The molecule has 3 aromatic rings. The molecule has 0 aliphatic carbocycles. The summed E-state index contributed by atoms with van der Waals surface area (Å²) in [4.78, 5) is 28.8. The Hall–Kier alpha value is -3.41. The molecule has 0 saturated heterocycles. The lowest BCUT2D eigenvalue weighted by atomic mass is 10.1. The Morgan fingerprint density at radius 2 is 1.92 bits per heavy atom. The summed E-state index contributed by atoms with van der Waals surface area (Å²) in [5.74, 6) is 0.328. The highest BCUT2D eigenvalue weighted by Gasteiger charge is 2.08. The number of aromatic nitrogens is 2. The average molecular weight is 349 g/mol. The topological polar surface area (TPSA) is 73.2 Å². The molecule has 26 heavy (non-hydrogen) atoms. The summed E-state index contributed by atoms with van der Waals surface area (Å²) in [6, 6.07) is 16.2. The van der Waals surface area contributed by atoms with Crippen LogP contribution in [-0.4, -0.2) is 22.6 Å². The maximum absolute atomic E-state index is 12.3. The summed E-state index contributed by atoms with van der Waals surface area (Å²) in [6.07, 6.45) is 1.39. The van der Waals surface area contributed by atoms with Gasteiger partial charge in [0.15, 0.2) is 0 Å². The van der Waals surface area contributed by atoms with E-state index in [9.17, 15) is 9.59 Å². The second kappa shape index (κ2) is 7.65.